The monoisotopic (exact) mass is 353 g/mol. The Labute approximate surface area is 145 Å². The van der Waals surface area contributed by atoms with Crippen molar-refractivity contribution in [3.63, 3.8) is 0 Å². The smallest absolute Gasteiger partial charge is 0.398 e. The highest BCUT2D eigenvalue weighted by molar-refractivity contribution is 7.53. The first-order valence-electron chi connectivity index (χ1n) is 7.56. The highest BCUT2D eigenvalue weighted by Gasteiger charge is 2.29. The number of hydrogen-bond acceptors (Lipinski definition) is 4. The summed E-state index contributed by atoms with van der Waals surface area (Å²) in [6.07, 6.45) is 0. The zero-order chi connectivity index (χ0) is 17.4. The van der Waals surface area contributed by atoms with Crippen LogP contribution in [-0.2, 0) is 4.57 Å². The first-order valence-corrected chi connectivity index (χ1v) is 9.06. The van der Waals surface area contributed by atoms with E-state index in [1.165, 1.54) is 0 Å². The maximum absolute atomic E-state index is 13.0. The molecule has 0 unspecified atom stereocenters. The minimum atomic E-state index is -3.90. The Kier molecular flexibility index (Phi) is 5.44. The molecule has 3 aromatic rings. The second-order valence-electron chi connectivity index (χ2n) is 4.94. The highest BCUT2D eigenvalue weighted by Crippen LogP contribution is 2.50. The number of para-hydroxylation sites is 3. The minimum absolute atomic E-state index is 0.375. The summed E-state index contributed by atoms with van der Waals surface area (Å²) in [5, 5.41) is 3.77. The predicted molar refractivity (Wildman–Crippen MR) is 96.7 cm³/mol. The minimum Gasteiger partial charge on any atom is -0.398 e. The van der Waals surface area contributed by atoms with Gasteiger partial charge in [-0.2, -0.15) is 0 Å². The third kappa shape index (κ3) is 5.19. The molecule has 0 aliphatic heterocycles. The van der Waals surface area contributed by atoms with Crippen molar-refractivity contribution in [2.75, 3.05) is 5.43 Å². The predicted octanol–water partition coefficient (Wildman–Crippen LogP) is 5.73. The second kappa shape index (κ2) is 8.13. The quantitative estimate of drug-likeness (QED) is 0.334. The zero-order valence-electron chi connectivity index (χ0n) is 13.2. The van der Waals surface area contributed by atoms with Crippen molar-refractivity contribution in [2.45, 2.75) is 0 Å². The van der Waals surface area contributed by atoms with E-state index in [0.717, 1.165) is 0 Å². The van der Waals surface area contributed by atoms with Crippen LogP contribution in [0.15, 0.2) is 101 Å². The molecule has 0 saturated carbocycles. The van der Waals surface area contributed by atoms with E-state index >= 15 is 0 Å². The molecule has 0 aliphatic carbocycles. The second-order valence-corrected chi connectivity index (χ2v) is 6.43. The molecule has 0 aliphatic rings. The molecule has 0 amide bonds. The molecule has 7 heteroatoms. The maximum Gasteiger partial charge on any atom is 0.583 e. The fourth-order valence-electron chi connectivity index (χ4n) is 1.93. The van der Waals surface area contributed by atoms with Gasteiger partial charge < -0.3 is 9.05 Å². The largest absolute Gasteiger partial charge is 0.583 e. The van der Waals surface area contributed by atoms with Crippen LogP contribution in [-0.4, -0.2) is 0 Å². The molecule has 0 atom stereocenters. The van der Waals surface area contributed by atoms with Crippen molar-refractivity contribution in [3.8, 4) is 11.5 Å². The molecule has 3 rings (SSSR count). The molecule has 6 nitrogen and oxygen atoms in total. The van der Waals surface area contributed by atoms with E-state index in [0.29, 0.717) is 17.2 Å². The molecule has 126 valence electrons. The average Bonchev–Trinajstić information content (AvgIpc) is 2.64. The van der Waals surface area contributed by atoms with Crippen LogP contribution in [0.25, 0.3) is 0 Å². The molecule has 1 N–H and O–H groups in total. The molecule has 3 aromatic carbocycles. The summed E-state index contributed by atoms with van der Waals surface area (Å²) in [5.41, 5.74) is 3.40. The van der Waals surface area contributed by atoms with Gasteiger partial charge in [-0.1, -0.05) is 59.8 Å². The Bertz CT molecular complexity index is 813. The van der Waals surface area contributed by atoms with Gasteiger partial charge in [-0.25, -0.2) is 4.57 Å². The van der Waals surface area contributed by atoms with E-state index in [-0.39, 0.29) is 0 Å². The number of anilines is 1. The lowest BCUT2D eigenvalue weighted by atomic mass is 10.3. The molecule has 0 radical (unpaired) electrons. The standard InChI is InChI=1S/C18H16N3O3P/c22-25(23-17-12-6-2-7-13-17,24-18-14-8-3-9-15-18)21-20-19-16-10-4-1-5-11-16/h1-15H,(H,19,21,22). The van der Waals surface area contributed by atoms with E-state index in [4.69, 9.17) is 9.05 Å². The Morgan fingerprint density at radius 2 is 1.12 bits per heavy atom. The average molecular weight is 353 g/mol. The third-order valence-corrected chi connectivity index (χ3v) is 4.23. The topological polar surface area (TPSA) is 72.3 Å². The van der Waals surface area contributed by atoms with Crippen LogP contribution in [0.4, 0.5) is 5.69 Å². The summed E-state index contributed by atoms with van der Waals surface area (Å²) in [6, 6.07) is 26.6. The third-order valence-electron chi connectivity index (χ3n) is 3.04. The van der Waals surface area contributed by atoms with Crippen molar-refractivity contribution >= 4 is 13.4 Å². The summed E-state index contributed by atoms with van der Waals surface area (Å²) in [6.45, 7) is 0. The van der Waals surface area contributed by atoms with Crippen LogP contribution in [0.1, 0.15) is 0 Å². The summed E-state index contributed by atoms with van der Waals surface area (Å²) in [4.78, 5) is 3.77. The normalized spacial score (nSPS) is 11.2. The van der Waals surface area contributed by atoms with Gasteiger partial charge in [0.05, 0.1) is 5.69 Å². The summed E-state index contributed by atoms with van der Waals surface area (Å²) < 4.78 is 24.0. The van der Waals surface area contributed by atoms with E-state index in [9.17, 15) is 4.57 Å². The molecule has 0 spiro atoms. The SMILES string of the molecule is O=P(N=NNc1ccccc1)(Oc1ccccc1)Oc1ccccc1. The van der Waals surface area contributed by atoms with Crippen LogP contribution in [0.3, 0.4) is 0 Å². The molecule has 0 heterocycles. The van der Waals surface area contributed by atoms with E-state index < -0.39 is 7.75 Å². The van der Waals surface area contributed by atoms with Crippen molar-refractivity contribution < 1.29 is 13.6 Å². The number of nitrogens with one attached hydrogen (secondary N) is 1. The van der Waals surface area contributed by atoms with Gasteiger partial charge in [0.25, 0.3) is 0 Å². The van der Waals surface area contributed by atoms with Crippen LogP contribution in [0.5, 0.6) is 11.5 Å². The van der Waals surface area contributed by atoms with Gasteiger partial charge in [0.15, 0.2) is 0 Å². The number of hydrogen-bond donors (Lipinski definition) is 1. The zero-order valence-corrected chi connectivity index (χ0v) is 14.1. The van der Waals surface area contributed by atoms with Crippen molar-refractivity contribution in [2.24, 2.45) is 10.1 Å². The number of nitrogens with zero attached hydrogens (tertiary/aromatic N) is 2. The molecule has 25 heavy (non-hydrogen) atoms. The fraction of sp³-hybridized carbons (Fsp3) is 0. The van der Waals surface area contributed by atoms with Gasteiger partial charge in [0.1, 0.15) is 11.5 Å². The lowest BCUT2D eigenvalue weighted by molar-refractivity contribution is 0.385. The van der Waals surface area contributed by atoms with Crippen molar-refractivity contribution in [1.82, 2.24) is 0 Å². The summed E-state index contributed by atoms with van der Waals surface area (Å²) in [5.74, 6) is 0.751. The van der Waals surface area contributed by atoms with E-state index in [1.54, 1.807) is 60.7 Å². The van der Waals surface area contributed by atoms with Gasteiger partial charge in [0, 0.05) is 0 Å². The lowest BCUT2D eigenvalue weighted by Crippen LogP contribution is -1.99. The fourth-order valence-corrected chi connectivity index (χ4v) is 2.97. The van der Waals surface area contributed by atoms with E-state index in [1.807, 2.05) is 30.3 Å². The van der Waals surface area contributed by atoms with Crippen LogP contribution < -0.4 is 14.5 Å². The Morgan fingerprint density at radius 3 is 1.60 bits per heavy atom. The van der Waals surface area contributed by atoms with Gasteiger partial charge >= 0.3 is 7.75 Å². The Hall–Kier alpha value is -3.11. The number of rotatable bonds is 7. The first kappa shape index (κ1) is 16.7. The molecular formula is C18H16N3O3P. The Morgan fingerprint density at radius 1 is 0.680 bits per heavy atom. The van der Waals surface area contributed by atoms with Crippen molar-refractivity contribution in [1.29, 1.82) is 0 Å². The van der Waals surface area contributed by atoms with Gasteiger partial charge in [-0.15, -0.1) is 0 Å². The molecular weight excluding hydrogens is 337 g/mol. The van der Waals surface area contributed by atoms with Crippen LogP contribution >= 0.6 is 7.75 Å². The molecule has 0 fully saturated rings. The lowest BCUT2D eigenvalue weighted by Gasteiger charge is -2.14. The van der Waals surface area contributed by atoms with Crippen LogP contribution in [0.2, 0.25) is 0 Å². The van der Waals surface area contributed by atoms with E-state index in [2.05, 4.69) is 15.5 Å². The molecule has 0 aromatic heterocycles. The van der Waals surface area contributed by atoms with Gasteiger partial charge in [0.2, 0.25) is 0 Å². The summed E-state index contributed by atoms with van der Waals surface area (Å²) in [7, 11) is -3.90. The number of benzene rings is 3. The van der Waals surface area contributed by atoms with Crippen LogP contribution in [0, 0.1) is 0 Å². The molecule has 0 saturated heterocycles. The molecule has 0 bridgehead atoms. The summed E-state index contributed by atoms with van der Waals surface area (Å²) >= 11 is 0. The Balaban J connectivity index is 1.79. The highest BCUT2D eigenvalue weighted by atomic mass is 31.2. The first-order chi connectivity index (χ1) is 12.2. The van der Waals surface area contributed by atoms with Gasteiger partial charge in [-0.3, -0.25) is 5.43 Å². The van der Waals surface area contributed by atoms with Gasteiger partial charge in [-0.05, 0) is 41.3 Å². The maximum atomic E-state index is 13.0. The van der Waals surface area contributed by atoms with Crippen molar-refractivity contribution in [3.05, 3.63) is 91.0 Å².